The number of ether oxygens (including phenoxy) is 9. The van der Waals surface area contributed by atoms with E-state index >= 15 is 0 Å². The molecule has 0 aromatic heterocycles. The molecule has 9 atom stereocenters. The molecule has 794 valence electrons. The van der Waals surface area contributed by atoms with Gasteiger partial charge in [0.15, 0.2) is 0 Å². The second-order valence-corrected chi connectivity index (χ2v) is 56.7. The summed E-state index contributed by atoms with van der Waals surface area (Å²) >= 11 is 0. The van der Waals surface area contributed by atoms with Crippen molar-refractivity contribution >= 4 is 53.7 Å². The number of carbonyl (C=O) groups is 9. The predicted molar refractivity (Wildman–Crippen MR) is 542 cm³/mol. The van der Waals surface area contributed by atoms with E-state index in [2.05, 4.69) is 297 Å². The van der Waals surface area contributed by atoms with Gasteiger partial charge >= 0.3 is 53.7 Å². The van der Waals surface area contributed by atoms with Gasteiger partial charge in [0.1, 0.15) is 0 Å². The molecule has 11 aliphatic rings. The fourth-order valence-corrected chi connectivity index (χ4v) is 28.0. The highest BCUT2D eigenvalue weighted by Crippen LogP contribution is 2.49. The number of rotatable bonds is 35. The summed E-state index contributed by atoms with van der Waals surface area (Å²) in [5.74, 6) is -1.02. The Morgan fingerprint density at radius 2 is 0.384 bits per heavy atom. The maximum absolute atomic E-state index is 14.0. The van der Waals surface area contributed by atoms with Crippen LogP contribution in [0.15, 0.2) is 0 Å². The Kier molecular flexibility index (Phi) is 36.4. The van der Waals surface area contributed by atoms with Gasteiger partial charge in [-0.1, -0.05) is 0 Å². The van der Waals surface area contributed by atoms with Crippen molar-refractivity contribution in [2.24, 2.45) is 88.3 Å². The summed E-state index contributed by atoms with van der Waals surface area (Å²) < 4.78 is 52.8. The van der Waals surface area contributed by atoms with E-state index in [1.807, 2.05) is 0 Å². The molecule has 0 amide bonds. The zero-order valence-corrected chi connectivity index (χ0v) is 93.3. The fourth-order valence-electron chi connectivity index (χ4n) is 28.0. The van der Waals surface area contributed by atoms with Crippen LogP contribution in [0, 0.1) is 88.3 Å². The Hall–Kier alpha value is -5.13. The fraction of sp³-hybridized carbons (Fsp3) is 0.919. The van der Waals surface area contributed by atoms with Crippen molar-refractivity contribution in [3.63, 3.8) is 0 Å². The lowest BCUT2D eigenvalue weighted by molar-refractivity contribution is -0.162. The molecule has 0 spiro atoms. The molecule has 9 unspecified atom stereocenters. The summed E-state index contributed by atoms with van der Waals surface area (Å²) in [6.07, 6.45) is 15.8. The highest BCUT2D eigenvalue weighted by atomic mass is 16.6. The second kappa shape index (κ2) is 43.1. The van der Waals surface area contributed by atoms with Crippen LogP contribution < -0.4 is 47.9 Å². The van der Waals surface area contributed by atoms with Gasteiger partial charge in [-0.15, -0.1) is 0 Å². The number of esters is 9. The molecule has 138 heavy (non-hydrogen) atoms. The number of hydrogen-bond acceptors (Lipinski definition) is 27. The van der Waals surface area contributed by atoms with Crippen LogP contribution in [-0.4, -0.2) is 213 Å². The van der Waals surface area contributed by atoms with Gasteiger partial charge in [0.05, 0.1) is 97.0 Å². The summed E-state index contributed by atoms with van der Waals surface area (Å²) in [5, 5.41) is 32.5. The van der Waals surface area contributed by atoms with Gasteiger partial charge in [0, 0.05) is 166 Å². The van der Waals surface area contributed by atoms with Gasteiger partial charge < -0.3 is 90.5 Å². The van der Waals surface area contributed by atoms with Crippen molar-refractivity contribution in [2.75, 3.05) is 59.5 Å². The van der Waals surface area contributed by atoms with Crippen molar-refractivity contribution in [1.29, 1.82) is 0 Å². The highest BCUT2D eigenvalue weighted by molar-refractivity contribution is 5.82. The summed E-state index contributed by atoms with van der Waals surface area (Å²) in [5.41, 5.74) is -4.15. The van der Waals surface area contributed by atoms with Crippen molar-refractivity contribution in [3.05, 3.63) is 0 Å². The molecule has 27 heteroatoms. The van der Waals surface area contributed by atoms with Gasteiger partial charge in [0.2, 0.25) is 0 Å². The van der Waals surface area contributed by atoms with E-state index in [0.29, 0.717) is 44.9 Å². The van der Waals surface area contributed by atoms with Crippen molar-refractivity contribution in [3.8, 4) is 0 Å². The first-order valence-corrected chi connectivity index (χ1v) is 53.2. The van der Waals surface area contributed by atoms with Crippen LogP contribution in [-0.2, 0) is 85.8 Å². The molecule has 0 radical (unpaired) electrons. The first-order valence-electron chi connectivity index (χ1n) is 53.2. The third-order valence-corrected chi connectivity index (χ3v) is 34.1. The molecule has 9 N–H and O–H groups in total. The van der Waals surface area contributed by atoms with E-state index in [-0.39, 0.29) is 236 Å². The summed E-state index contributed by atoms with van der Waals surface area (Å²) in [6, 6.07) is 0. The molecule has 11 rings (SSSR count). The lowest BCUT2D eigenvalue weighted by Gasteiger charge is -2.38. The Balaban J connectivity index is 0.000000237. The van der Waals surface area contributed by atoms with Crippen LogP contribution in [0.2, 0.25) is 0 Å². The third kappa shape index (κ3) is 33.5. The Morgan fingerprint density at radius 1 is 0.217 bits per heavy atom. The Labute approximate surface area is 833 Å². The molecule has 9 saturated heterocycles. The molecule has 9 heterocycles. The number of nitrogens with one attached hydrogen (secondary N) is 9. The molecule has 0 bridgehead atoms. The minimum absolute atomic E-state index is 0.0204. The van der Waals surface area contributed by atoms with Crippen LogP contribution in [0.4, 0.5) is 0 Å². The first-order chi connectivity index (χ1) is 62.6. The van der Waals surface area contributed by atoms with E-state index in [0.717, 1.165) is 69.6 Å². The zero-order valence-electron chi connectivity index (χ0n) is 93.3. The predicted octanol–water partition coefficient (Wildman–Crippen LogP) is 17.3. The molecular weight excluding hydrogens is 1750 g/mol. The van der Waals surface area contributed by atoms with E-state index < -0.39 is 53.1 Å². The average Bonchev–Trinajstić information content (AvgIpc) is 1.64. The van der Waals surface area contributed by atoms with Crippen LogP contribution in [0.1, 0.15) is 403 Å². The molecule has 9 aliphatic heterocycles. The minimum atomic E-state index is -1.50. The lowest BCUT2D eigenvalue weighted by Crippen LogP contribution is -2.46. The Morgan fingerprint density at radius 3 is 0.543 bits per heavy atom. The summed E-state index contributed by atoms with van der Waals surface area (Å²) in [4.78, 5) is 121. The molecule has 0 aromatic carbocycles. The van der Waals surface area contributed by atoms with Gasteiger partial charge in [-0.3, -0.25) is 43.2 Å². The number of hydrogen-bond donors (Lipinski definition) is 9. The molecule has 27 nitrogen and oxygen atoms in total. The quantitative estimate of drug-likeness (QED) is 0.0210. The monoisotopic (exact) mass is 1940 g/mol. The standard InChI is InChI=1S/C45H80N4O8.C34H61N3O6.C32H56N2O4/c1-37(2)17-29(41(9,10)46-37)25-54-33(50)21-45(22-34(51)55-26-30-18-38(3,4)47-42(30,11)12,23-35(52)56-27-31-19-39(5,6)48-43(31,13)14)24-36(53)57-28-32-20-40(7,8)49-44(32,15)16;1-29(2)16-23(32(7,8)35-29)19-41-26(38)13-22(14-27(39)42-20-24-17-30(3,4)36-33(24,9)10)15-28(40)43-21-25-18-31(5,6)37-34(25,11)12;1-29(2)17-25(31(5,6)33-29)27(35)37-19-21-9-13-23(14-10-21)24-15-11-22(12-16-24)20-38-28(36)26-18-30(3,4)34-32(26,7)8/h29-32,46-49H,17-28H2,1-16H3;22-25,35-37H,13-21H2,1-12H3;21-26,33-34H,9-20H2,1-8H3. The minimum Gasteiger partial charge on any atom is -0.465 e. The maximum atomic E-state index is 14.0. The van der Waals surface area contributed by atoms with Crippen LogP contribution in [0.25, 0.3) is 0 Å². The van der Waals surface area contributed by atoms with Gasteiger partial charge in [-0.25, -0.2) is 0 Å². The van der Waals surface area contributed by atoms with Crippen LogP contribution in [0.5, 0.6) is 0 Å². The van der Waals surface area contributed by atoms with Gasteiger partial charge in [0.25, 0.3) is 0 Å². The van der Waals surface area contributed by atoms with E-state index in [1.54, 1.807) is 0 Å². The summed E-state index contributed by atoms with van der Waals surface area (Å²) in [7, 11) is 0. The smallest absolute Gasteiger partial charge is 0.310 e. The molecule has 2 aliphatic carbocycles. The Bertz CT molecular complexity index is 3770. The zero-order chi connectivity index (χ0) is 104. The third-order valence-electron chi connectivity index (χ3n) is 34.1. The molecule has 2 saturated carbocycles. The van der Waals surface area contributed by atoms with Gasteiger partial charge in [-0.2, -0.15) is 0 Å². The molecular formula is C111H197N9O18. The van der Waals surface area contributed by atoms with Crippen molar-refractivity contribution in [1.82, 2.24) is 47.9 Å². The average molecular weight is 1950 g/mol. The van der Waals surface area contributed by atoms with E-state index in [9.17, 15) is 43.2 Å². The second-order valence-electron chi connectivity index (χ2n) is 56.7. The maximum Gasteiger partial charge on any atom is 0.310 e. The van der Waals surface area contributed by atoms with E-state index in [1.165, 1.54) is 51.4 Å². The first kappa shape index (κ1) is 116. The molecule has 11 fully saturated rings. The van der Waals surface area contributed by atoms with Crippen LogP contribution in [0.3, 0.4) is 0 Å². The van der Waals surface area contributed by atoms with Crippen molar-refractivity contribution in [2.45, 2.75) is 503 Å². The van der Waals surface area contributed by atoms with E-state index in [4.69, 9.17) is 42.6 Å². The largest absolute Gasteiger partial charge is 0.465 e. The van der Waals surface area contributed by atoms with Crippen LogP contribution >= 0.6 is 0 Å². The topological polar surface area (TPSA) is 345 Å². The van der Waals surface area contributed by atoms with Gasteiger partial charge in [-0.05, 0) is 388 Å². The highest BCUT2D eigenvalue weighted by Gasteiger charge is 2.56. The SMILES string of the molecule is CC1(C)CC(C(=O)OCC2CCC(C3CCC(COC(=O)C4CC(C)(C)NC4(C)C)CC3)CC2)C(C)(C)N1.CC1(C)CC(COC(=O)CC(CC(=O)OCC2CC(C)(C)NC2(C)C)(CC(=O)OCC2CC(C)(C)NC2(C)C)CC(=O)OCC2CC(C)(C)NC2(C)C)C(C)(C)N1.CC1(C)CC(COC(=O)CC(CC(=O)OCC2CC(C)(C)NC2(C)C)CC(=O)OCC2CC(C)(C)NC2(C)C)C(C)(C)N1. The normalized spacial score (nSPS) is 32.3. The number of carbonyl (C=O) groups excluding carboxylic acids is 9. The lowest BCUT2D eigenvalue weighted by atomic mass is 9.69. The van der Waals surface area contributed by atoms with Crippen molar-refractivity contribution < 1.29 is 85.8 Å². The summed E-state index contributed by atoms with van der Waals surface area (Å²) in [6.45, 7) is 79.3. The molecule has 0 aromatic rings.